The van der Waals surface area contributed by atoms with Gasteiger partial charge in [0.05, 0.1) is 18.6 Å². The van der Waals surface area contributed by atoms with Gasteiger partial charge in [-0.05, 0) is 19.5 Å². The molecule has 0 aliphatic carbocycles. The highest BCUT2D eigenvalue weighted by molar-refractivity contribution is 5.81. The number of likely N-dealkylation sites (N-methyl/N-ethyl adjacent to an activating group) is 1. The maximum absolute atomic E-state index is 13.6. The molecular formula is C17H24F2N2O2. The van der Waals surface area contributed by atoms with E-state index in [1.54, 1.807) is 6.92 Å². The molecule has 0 spiro atoms. The Morgan fingerprint density at radius 2 is 2.09 bits per heavy atom. The number of piperidine rings is 1. The van der Waals surface area contributed by atoms with Crippen molar-refractivity contribution >= 4 is 5.91 Å². The summed E-state index contributed by atoms with van der Waals surface area (Å²) in [7, 11) is 1.84. The Labute approximate surface area is 135 Å². The maximum Gasteiger partial charge on any atom is 0.256 e. The Hall–Kier alpha value is -1.53. The smallest absolute Gasteiger partial charge is 0.256 e. The molecular weight excluding hydrogens is 302 g/mol. The van der Waals surface area contributed by atoms with Crippen molar-refractivity contribution in [2.75, 3.05) is 26.7 Å². The summed E-state index contributed by atoms with van der Waals surface area (Å²) in [5, 5.41) is 9.14. The predicted octanol–water partition coefficient (Wildman–Crippen LogP) is 1.98. The quantitative estimate of drug-likeness (QED) is 0.900. The molecule has 6 heteroatoms. The second-order valence-corrected chi connectivity index (χ2v) is 6.25. The molecule has 1 aliphatic heterocycles. The van der Waals surface area contributed by atoms with Crippen molar-refractivity contribution in [3.8, 4) is 0 Å². The lowest BCUT2D eigenvalue weighted by Crippen LogP contribution is -2.54. The van der Waals surface area contributed by atoms with E-state index in [0.29, 0.717) is 6.54 Å². The van der Waals surface area contributed by atoms with Crippen LogP contribution in [0.25, 0.3) is 0 Å². The summed E-state index contributed by atoms with van der Waals surface area (Å²) in [6.45, 7) is 1.73. The van der Waals surface area contributed by atoms with Crippen molar-refractivity contribution in [3.63, 3.8) is 0 Å². The number of benzene rings is 1. The van der Waals surface area contributed by atoms with Gasteiger partial charge in [-0.2, -0.15) is 0 Å². The van der Waals surface area contributed by atoms with Crippen LogP contribution in [0.1, 0.15) is 18.9 Å². The molecule has 0 saturated carbocycles. The second kappa shape index (κ2) is 7.36. The van der Waals surface area contributed by atoms with Gasteiger partial charge in [0, 0.05) is 26.1 Å². The number of aliphatic hydroxyl groups excluding tert-OH is 1. The molecule has 1 saturated heterocycles. The molecule has 0 radical (unpaired) electrons. The standard InChI is InChI=1S/C17H24F2N2O2/c1-13(20(2)10-14-6-4-3-5-7-14)16(23)21-9-8-17(18,19)15(11-21)12-22/h3-7,13,15,22H,8-12H2,1-2H3. The summed E-state index contributed by atoms with van der Waals surface area (Å²) in [4.78, 5) is 15.9. The Balaban J connectivity index is 1.96. The van der Waals surface area contributed by atoms with E-state index in [2.05, 4.69) is 0 Å². The lowest BCUT2D eigenvalue weighted by molar-refractivity contribution is -0.153. The van der Waals surface area contributed by atoms with Gasteiger partial charge in [0.15, 0.2) is 0 Å². The van der Waals surface area contributed by atoms with Gasteiger partial charge in [0.25, 0.3) is 5.92 Å². The van der Waals surface area contributed by atoms with Crippen LogP contribution in [0.2, 0.25) is 0 Å². The van der Waals surface area contributed by atoms with Crippen molar-refractivity contribution in [1.82, 2.24) is 9.80 Å². The van der Waals surface area contributed by atoms with E-state index in [9.17, 15) is 13.6 Å². The lowest BCUT2D eigenvalue weighted by atomic mass is 9.94. The molecule has 1 aliphatic rings. The largest absolute Gasteiger partial charge is 0.396 e. The molecule has 2 unspecified atom stereocenters. The topological polar surface area (TPSA) is 43.8 Å². The van der Waals surface area contributed by atoms with E-state index in [1.165, 1.54) is 4.90 Å². The molecule has 1 amide bonds. The van der Waals surface area contributed by atoms with E-state index in [1.807, 2.05) is 42.3 Å². The minimum absolute atomic E-state index is 0.0336. The molecule has 2 atom stereocenters. The fourth-order valence-electron chi connectivity index (χ4n) is 2.83. The number of nitrogens with zero attached hydrogens (tertiary/aromatic N) is 2. The summed E-state index contributed by atoms with van der Waals surface area (Å²) < 4.78 is 27.3. The van der Waals surface area contributed by atoms with Gasteiger partial charge in [-0.3, -0.25) is 9.69 Å². The molecule has 1 aromatic rings. The number of hydrogen-bond acceptors (Lipinski definition) is 3. The van der Waals surface area contributed by atoms with Crippen LogP contribution in [0, 0.1) is 5.92 Å². The Kier molecular flexibility index (Phi) is 5.70. The van der Waals surface area contributed by atoms with Gasteiger partial charge >= 0.3 is 0 Å². The van der Waals surface area contributed by atoms with E-state index in [-0.39, 0.29) is 25.4 Å². The number of alkyl halides is 2. The fraction of sp³-hybridized carbons (Fsp3) is 0.588. The zero-order chi connectivity index (χ0) is 17.0. The van der Waals surface area contributed by atoms with Crippen LogP contribution in [0.15, 0.2) is 30.3 Å². The zero-order valence-corrected chi connectivity index (χ0v) is 13.6. The van der Waals surface area contributed by atoms with Crippen molar-refractivity contribution in [2.24, 2.45) is 5.92 Å². The number of hydrogen-bond donors (Lipinski definition) is 1. The molecule has 2 rings (SSSR count). The summed E-state index contributed by atoms with van der Waals surface area (Å²) in [6, 6.07) is 9.37. The van der Waals surface area contributed by atoms with Crippen LogP contribution in [-0.4, -0.2) is 59.5 Å². The number of halogens is 2. The third kappa shape index (κ3) is 4.26. The van der Waals surface area contributed by atoms with Crippen molar-refractivity contribution < 1.29 is 18.7 Å². The van der Waals surface area contributed by atoms with Crippen LogP contribution in [0.4, 0.5) is 8.78 Å². The van der Waals surface area contributed by atoms with Gasteiger partial charge in [-0.15, -0.1) is 0 Å². The molecule has 1 aromatic carbocycles. The Bertz CT molecular complexity index is 525. The number of likely N-dealkylation sites (tertiary alicyclic amines) is 1. The van der Waals surface area contributed by atoms with Gasteiger partial charge < -0.3 is 10.0 Å². The first-order chi connectivity index (χ1) is 10.8. The average Bonchev–Trinajstić information content (AvgIpc) is 2.54. The number of carbonyl (C=O) groups excluding carboxylic acids is 1. The van der Waals surface area contributed by atoms with Crippen LogP contribution in [0.5, 0.6) is 0 Å². The van der Waals surface area contributed by atoms with Gasteiger partial charge in [-0.25, -0.2) is 8.78 Å². The summed E-state index contributed by atoms with van der Waals surface area (Å²) in [5.74, 6) is -4.24. The minimum Gasteiger partial charge on any atom is -0.396 e. The number of aliphatic hydroxyl groups is 1. The molecule has 0 aromatic heterocycles. The summed E-state index contributed by atoms with van der Waals surface area (Å²) in [5.41, 5.74) is 1.09. The van der Waals surface area contributed by atoms with E-state index >= 15 is 0 Å². The zero-order valence-electron chi connectivity index (χ0n) is 13.6. The monoisotopic (exact) mass is 326 g/mol. The lowest BCUT2D eigenvalue weighted by Gasteiger charge is -2.39. The Morgan fingerprint density at radius 3 is 2.70 bits per heavy atom. The van der Waals surface area contributed by atoms with Crippen LogP contribution in [0.3, 0.4) is 0 Å². The van der Waals surface area contributed by atoms with E-state index in [0.717, 1.165) is 5.56 Å². The van der Waals surface area contributed by atoms with Gasteiger partial charge in [0.1, 0.15) is 0 Å². The third-order valence-corrected chi connectivity index (χ3v) is 4.58. The minimum atomic E-state index is -2.90. The maximum atomic E-state index is 13.6. The Morgan fingerprint density at radius 1 is 1.43 bits per heavy atom. The van der Waals surface area contributed by atoms with E-state index in [4.69, 9.17) is 5.11 Å². The van der Waals surface area contributed by atoms with Gasteiger partial charge in [0.2, 0.25) is 5.91 Å². The first-order valence-electron chi connectivity index (χ1n) is 7.87. The van der Waals surface area contributed by atoms with Crippen molar-refractivity contribution in [1.29, 1.82) is 0 Å². The first-order valence-corrected chi connectivity index (χ1v) is 7.87. The average molecular weight is 326 g/mol. The highest BCUT2D eigenvalue weighted by atomic mass is 19.3. The number of carbonyl (C=O) groups is 1. The fourth-order valence-corrected chi connectivity index (χ4v) is 2.83. The summed E-state index contributed by atoms with van der Waals surface area (Å²) in [6.07, 6.45) is -0.390. The SMILES string of the molecule is CC(C(=O)N1CCC(F)(F)C(CO)C1)N(C)Cc1ccccc1. The summed E-state index contributed by atoms with van der Waals surface area (Å²) >= 11 is 0. The molecule has 1 N–H and O–H groups in total. The number of amides is 1. The third-order valence-electron chi connectivity index (χ3n) is 4.58. The molecule has 0 bridgehead atoms. The normalized spacial score (nSPS) is 22.2. The molecule has 4 nitrogen and oxygen atoms in total. The molecule has 23 heavy (non-hydrogen) atoms. The highest BCUT2D eigenvalue weighted by Gasteiger charge is 2.45. The van der Waals surface area contributed by atoms with E-state index < -0.39 is 24.5 Å². The number of rotatable bonds is 5. The van der Waals surface area contributed by atoms with Gasteiger partial charge in [-0.1, -0.05) is 30.3 Å². The molecule has 128 valence electrons. The molecule has 1 heterocycles. The van der Waals surface area contributed by atoms with Crippen molar-refractivity contribution in [3.05, 3.63) is 35.9 Å². The molecule has 1 fully saturated rings. The first kappa shape index (κ1) is 17.8. The predicted molar refractivity (Wildman–Crippen MR) is 84.1 cm³/mol. The van der Waals surface area contributed by atoms with Crippen molar-refractivity contribution in [2.45, 2.75) is 31.9 Å². The van der Waals surface area contributed by atoms with Crippen LogP contribution < -0.4 is 0 Å². The van der Waals surface area contributed by atoms with Crippen LogP contribution in [-0.2, 0) is 11.3 Å². The van der Waals surface area contributed by atoms with Crippen LogP contribution >= 0.6 is 0 Å². The highest BCUT2D eigenvalue weighted by Crippen LogP contribution is 2.33. The second-order valence-electron chi connectivity index (χ2n) is 6.25.